The van der Waals surface area contributed by atoms with Crippen LogP contribution in [0, 0.1) is 0 Å². The molecular formula is C18H18ClN5. The van der Waals surface area contributed by atoms with E-state index in [2.05, 4.69) is 37.9 Å². The van der Waals surface area contributed by atoms with Gasteiger partial charge in [-0.25, -0.2) is 0 Å². The van der Waals surface area contributed by atoms with Crippen LogP contribution in [0.2, 0.25) is 5.02 Å². The fourth-order valence-electron chi connectivity index (χ4n) is 2.25. The van der Waals surface area contributed by atoms with Gasteiger partial charge in [0.1, 0.15) is 0 Å². The smallest absolute Gasteiger partial charge is 0.244 e. The summed E-state index contributed by atoms with van der Waals surface area (Å²) >= 11 is 6.15. The second-order valence-electron chi connectivity index (χ2n) is 5.27. The molecule has 3 aromatic rings. The molecule has 24 heavy (non-hydrogen) atoms. The molecule has 0 unspecified atom stereocenters. The minimum atomic E-state index is 0.509. The average Bonchev–Trinajstić information content (AvgIpc) is 2.62. The maximum absolute atomic E-state index is 6.15. The lowest BCUT2D eigenvalue weighted by Crippen LogP contribution is -2.10. The van der Waals surface area contributed by atoms with Crippen molar-refractivity contribution in [3.8, 4) is 0 Å². The number of halogens is 1. The van der Waals surface area contributed by atoms with Crippen LogP contribution in [0.4, 0.5) is 11.8 Å². The van der Waals surface area contributed by atoms with Crippen molar-refractivity contribution in [2.75, 3.05) is 17.2 Å². The number of benzene rings is 2. The summed E-state index contributed by atoms with van der Waals surface area (Å²) < 4.78 is 0. The molecule has 5 nitrogen and oxygen atoms in total. The molecule has 0 radical (unpaired) electrons. The fourth-order valence-corrected chi connectivity index (χ4v) is 2.46. The van der Waals surface area contributed by atoms with E-state index in [1.54, 1.807) is 6.20 Å². The minimum Gasteiger partial charge on any atom is -0.364 e. The lowest BCUT2D eigenvalue weighted by Gasteiger charge is -2.08. The van der Waals surface area contributed by atoms with Crippen LogP contribution in [0.5, 0.6) is 0 Å². The van der Waals surface area contributed by atoms with Crippen molar-refractivity contribution in [3.05, 3.63) is 76.9 Å². The first kappa shape index (κ1) is 16.2. The molecule has 0 aliphatic rings. The molecule has 0 aliphatic carbocycles. The maximum atomic E-state index is 6.15. The summed E-state index contributed by atoms with van der Waals surface area (Å²) in [6, 6.07) is 18.0. The molecule has 1 heterocycles. The van der Waals surface area contributed by atoms with Gasteiger partial charge in [0.25, 0.3) is 0 Å². The number of aromatic nitrogens is 3. The third kappa shape index (κ3) is 4.67. The van der Waals surface area contributed by atoms with Crippen molar-refractivity contribution >= 4 is 23.4 Å². The minimum absolute atomic E-state index is 0.509. The molecule has 0 atom stereocenters. The number of rotatable bonds is 7. The molecule has 0 spiro atoms. The monoisotopic (exact) mass is 339 g/mol. The molecule has 0 saturated carbocycles. The Labute approximate surface area is 146 Å². The first-order valence-electron chi connectivity index (χ1n) is 7.76. The molecule has 0 bridgehead atoms. The summed E-state index contributed by atoms with van der Waals surface area (Å²) in [6.45, 7) is 1.33. The van der Waals surface area contributed by atoms with Gasteiger partial charge in [-0.3, -0.25) is 0 Å². The van der Waals surface area contributed by atoms with E-state index in [1.807, 2.05) is 42.5 Å². The van der Waals surface area contributed by atoms with E-state index in [0.29, 0.717) is 18.3 Å². The molecule has 0 aliphatic heterocycles. The molecule has 0 fully saturated rings. The highest BCUT2D eigenvalue weighted by atomic mass is 35.5. The number of nitrogens with zero attached hydrogens (tertiary/aromatic N) is 3. The Bertz CT molecular complexity index is 779. The molecule has 6 heteroatoms. The molecule has 2 aromatic carbocycles. The summed E-state index contributed by atoms with van der Waals surface area (Å²) in [5.74, 6) is 1.17. The average molecular weight is 340 g/mol. The van der Waals surface area contributed by atoms with E-state index >= 15 is 0 Å². The van der Waals surface area contributed by atoms with Crippen LogP contribution in [-0.2, 0) is 13.0 Å². The maximum Gasteiger partial charge on any atom is 0.244 e. The van der Waals surface area contributed by atoms with Crippen molar-refractivity contribution in [3.63, 3.8) is 0 Å². The van der Waals surface area contributed by atoms with Gasteiger partial charge in [0.15, 0.2) is 5.82 Å². The third-order valence-electron chi connectivity index (χ3n) is 3.52. The van der Waals surface area contributed by atoms with Gasteiger partial charge in [-0.1, -0.05) is 60.1 Å². The third-order valence-corrected chi connectivity index (χ3v) is 3.88. The van der Waals surface area contributed by atoms with Gasteiger partial charge in [-0.05, 0) is 23.6 Å². The van der Waals surface area contributed by atoms with Gasteiger partial charge in [0.2, 0.25) is 5.95 Å². The summed E-state index contributed by atoms with van der Waals surface area (Å²) in [5, 5.41) is 15.1. The predicted molar refractivity (Wildman–Crippen MR) is 97.2 cm³/mol. The van der Waals surface area contributed by atoms with E-state index < -0.39 is 0 Å². The van der Waals surface area contributed by atoms with Crippen LogP contribution < -0.4 is 10.6 Å². The lowest BCUT2D eigenvalue weighted by molar-refractivity contribution is 0.921. The van der Waals surface area contributed by atoms with E-state index in [1.165, 1.54) is 5.56 Å². The van der Waals surface area contributed by atoms with Crippen LogP contribution in [0.25, 0.3) is 0 Å². The van der Waals surface area contributed by atoms with Crippen molar-refractivity contribution in [2.24, 2.45) is 0 Å². The Kier molecular flexibility index (Phi) is 5.58. The molecule has 1 aromatic heterocycles. The van der Waals surface area contributed by atoms with Crippen LogP contribution in [0.3, 0.4) is 0 Å². The highest BCUT2D eigenvalue weighted by molar-refractivity contribution is 6.31. The van der Waals surface area contributed by atoms with Crippen molar-refractivity contribution in [2.45, 2.75) is 13.0 Å². The summed E-state index contributed by atoms with van der Waals surface area (Å²) in [6.07, 6.45) is 2.50. The topological polar surface area (TPSA) is 62.7 Å². The Balaban J connectivity index is 1.53. The zero-order valence-corrected chi connectivity index (χ0v) is 13.9. The standard InChI is InChI=1S/C18H18ClN5/c19-16-9-5-4-8-15(16)12-21-17-13-22-24-18(23-17)20-11-10-14-6-2-1-3-7-14/h1-9,13H,10-12H2,(H2,20,21,23,24). The van der Waals surface area contributed by atoms with Crippen molar-refractivity contribution in [1.82, 2.24) is 15.2 Å². The van der Waals surface area contributed by atoms with E-state index in [4.69, 9.17) is 11.6 Å². The molecule has 0 amide bonds. The van der Waals surface area contributed by atoms with Gasteiger partial charge in [-0.15, -0.1) is 5.10 Å². The molecule has 0 saturated heterocycles. The van der Waals surface area contributed by atoms with Crippen LogP contribution >= 0.6 is 11.6 Å². The Morgan fingerprint density at radius 1 is 0.917 bits per heavy atom. The Hall–Kier alpha value is -2.66. The van der Waals surface area contributed by atoms with Crippen molar-refractivity contribution < 1.29 is 0 Å². The largest absolute Gasteiger partial charge is 0.364 e. The van der Waals surface area contributed by atoms with Gasteiger partial charge < -0.3 is 10.6 Å². The zero-order chi connectivity index (χ0) is 16.6. The summed E-state index contributed by atoms with van der Waals surface area (Å²) in [7, 11) is 0. The molecule has 3 rings (SSSR count). The SMILES string of the molecule is Clc1ccccc1CNc1cnnc(NCCc2ccccc2)n1. The number of hydrogen-bond donors (Lipinski definition) is 2. The van der Waals surface area contributed by atoms with Crippen LogP contribution in [-0.4, -0.2) is 21.7 Å². The van der Waals surface area contributed by atoms with E-state index in [0.717, 1.165) is 23.6 Å². The summed E-state index contributed by atoms with van der Waals surface area (Å²) in [4.78, 5) is 4.41. The highest BCUT2D eigenvalue weighted by Crippen LogP contribution is 2.16. The van der Waals surface area contributed by atoms with Gasteiger partial charge in [-0.2, -0.15) is 10.1 Å². The van der Waals surface area contributed by atoms with E-state index in [9.17, 15) is 0 Å². The van der Waals surface area contributed by atoms with Gasteiger partial charge >= 0.3 is 0 Å². The number of nitrogens with one attached hydrogen (secondary N) is 2. The van der Waals surface area contributed by atoms with Gasteiger partial charge in [0, 0.05) is 18.1 Å². The molecule has 122 valence electrons. The number of anilines is 2. The zero-order valence-electron chi connectivity index (χ0n) is 13.1. The quantitative estimate of drug-likeness (QED) is 0.685. The first-order chi connectivity index (χ1) is 11.8. The first-order valence-corrected chi connectivity index (χ1v) is 8.14. The van der Waals surface area contributed by atoms with Crippen LogP contribution in [0.1, 0.15) is 11.1 Å². The fraction of sp³-hybridized carbons (Fsp3) is 0.167. The second kappa shape index (κ2) is 8.26. The predicted octanol–water partition coefficient (Wildman–Crippen LogP) is 3.79. The molecular weight excluding hydrogens is 322 g/mol. The Morgan fingerprint density at radius 3 is 2.54 bits per heavy atom. The van der Waals surface area contributed by atoms with Crippen molar-refractivity contribution in [1.29, 1.82) is 0 Å². The molecule has 2 N–H and O–H groups in total. The normalized spacial score (nSPS) is 10.4. The second-order valence-corrected chi connectivity index (χ2v) is 5.68. The van der Waals surface area contributed by atoms with Crippen LogP contribution in [0.15, 0.2) is 60.8 Å². The van der Waals surface area contributed by atoms with E-state index in [-0.39, 0.29) is 0 Å². The van der Waals surface area contributed by atoms with Gasteiger partial charge in [0.05, 0.1) is 6.20 Å². The highest BCUT2D eigenvalue weighted by Gasteiger charge is 2.02. The summed E-state index contributed by atoms with van der Waals surface area (Å²) in [5.41, 5.74) is 2.28. The Morgan fingerprint density at radius 2 is 1.71 bits per heavy atom. The number of hydrogen-bond acceptors (Lipinski definition) is 5. The lowest BCUT2D eigenvalue weighted by atomic mass is 10.1.